The minimum atomic E-state index is -0.297. The van der Waals surface area contributed by atoms with Crippen molar-refractivity contribution in [3.63, 3.8) is 0 Å². The van der Waals surface area contributed by atoms with Crippen LogP contribution < -0.4 is 4.74 Å². The molecule has 0 N–H and O–H groups in total. The van der Waals surface area contributed by atoms with Crippen molar-refractivity contribution in [2.45, 2.75) is 19.1 Å². The number of hydrogen-bond acceptors (Lipinski definition) is 5. The van der Waals surface area contributed by atoms with Gasteiger partial charge in [0, 0.05) is 20.1 Å². The van der Waals surface area contributed by atoms with Crippen LogP contribution in [0.3, 0.4) is 0 Å². The van der Waals surface area contributed by atoms with E-state index in [0.29, 0.717) is 19.5 Å². The maximum absolute atomic E-state index is 13.1. The molecular formula is C21H23FN2O4. The summed E-state index contributed by atoms with van der Waals surface area (Å²) in [5.41, 5.74) is 2.50. The SMILES string of the molecule is COCC(=O)N(Cc1cccc(OC)c1)C[C@@H]1CC(c2ccc(F)cc2)=NO1. The highest BCUT2D eigenvalue weighted by atomic mass is 19.1. The topological polar surface area (TPSA) is 60.4 Å². The number of hydrogen-bond donors (Lipinski definition) is 0. The van der Waals surface area contributed by atoms with Crippen molar-refractivity contribution in [2.75, 3.05) is 27.4 Å². The average molecular weight is 386 g/mol. The Morgan fingerprint density at radius 3 is 2.75 bits per heavy atom. The zero-order chi connectivity index (χ0) is 19.9. The quantitative estimate of drug-likeness (QED) is 0.700. The predicted octanol–water partition coefficient (Wildman–Crippen LogP) is 3.00. The number of carbonyl (C=O) groups is 1. The monoisotopic (exact) mass is 386 g/mol. The minimum Gasteiger partial charge on any atom is -0.497 e. The number of benzene rings is 2. The minimum absolute atomic E-state index is 0.0115. The lowest BCUT2D eigenvalue weighted by Gasteiger charge is -2.25. The van der Waals surface area contributed by atoms with E-state index >= 15 is 0 Å². The summed E-state index contributed by atoms with van der Waals surface area (Å²) in [5, 5.41) is 4.11. The molecule has 7 heteroatoms. The molecule has 2 aromatic rings. The van der Waals surface area contributed by atoms with Crippen LogP contribution in [-0.4, -0.2) is 50.0 Å². The molecule has 0 bridgehead atoms. The molecule has 2 aromatic carbocycles. The van der Waals surface area contributed by atoms with Crippen molar-refractivity contribution in [1.82, 2.24) is 4.90 Å². The van der Waals surface area contributed by atoms with Gasteiger partial charge < -0.3 is 19.2 Å². The Labute approximate surface area is 163 Å². The van der Waals surface area contributed by atoms with Crippen LogP contribution >= 0.6 is 0 Å². The normalized spacial score (nSPS) is 15.7. The van der Waals surface area contributed by atoms with Gasteiger partial charge >= 0.3 is 0 Å². The maximum atomic E-state index is 13.1. The molecule has 28 heavy (non-hydrogen) atoms. The standard InChI is InChI=1S/C21H23FN2O4/c1-26-14-21(25)24(12-15-4-3-5-18(10-15)27-2)13-19-11-20(23-28-19)16-6-8-17(22)9-7-16/h3-10,19H,11-14H2,1-2H3/t19-/m0/s1. The number of methoxy groups -OCH3 is 2. The van der Waals surface area contributed by atoms with Gasteiger partial charge in [-0.1, -0.05) is 29.4 Å². The second-order valence-corrected chi connectivity index (χ2v) is 6.54. The molecule has 1 aliphatic rings. The van der Waals surface area contributed by atoms with Crippen molar-refractivity contribution < 1.29 is 23.5 Å². The average Bonchev–Trinajstić information content (AvgIpc) is 3.17. The fourth-order valence-electron chi connectivity index (χ4n) is 3.05. The summed E-state index contributed by atoms with van der Waals surface area (Å²) in [6, 6.07) is 13.7. The first kappa shape index (κ1) is 19.8. The molecule has 3 rings (SSSR count). The molecule has 1 aliphatic heterocycles. The third-order valence-corrected chi connectivity index (χ3v) is 4.46. The Bertz CT molecular complexity index is 839. The van der Waals surface area contributed by atoms with Crippen LogP contribution in [-0.2, 0) is 20.9 Å². The van der Waals surface area contributed by atoms with E-state index in [4.69, 9.17) is 14.3 Å². The number of ether oxygens (including phenoxy) is 2. The number of rotatable bonds is 8. The van der Waals surface area contributed by atoms with E-state index in [0.717, 1.165) is 22.6 Å². The Kier molecular flexibility index (Phi) is 6.60. The molecule has 1 amide bonds. The molecule has 0 fully saturated rings. The predicted molar refractivity (Wildman–Crippen MR) is 103 cm³/mol. The zero-order valence-corrected chi connectivity index (χ0v) is 15.9. The molecule has 0 unspecified atom stereocenters. The second kappa shape index (κ2) is 9.32. The highest BCUT2D eigenvalue weighted by Gasteiger charge is 2.27. The number of amides is 1. The van der Waals surface area contributed by atoms with Gasteiger partial charge in [-0.15, -0.1) is 0 Å². The Balaban J connectivity index is 1.66. The van der Waals surface area contributed by atoms with Crippen molar-refractivity contribution in [1.29, 1.82) is 0 Å². The van der Waals surface area contributed by atoms with Gasteiger partial charge in [0.1, 0.15) is 18.2 Å². The highest BCUT2D eigenvalue weighted by Crippen LogP contribution is 2.20. The third-order valence-electron chi connectivity index (χ3n) is 4.46. The smallest absolute Gasteiger partial charge is 0.248 e. The summed E-state index contributed by atoms with van der Waals surface area (Å²) in [7, 11) is 3.09. The van der Waals surface area contributed by atoms with E-state index in [-0.39, 0.29) is 24.4 Å². The van der Waals surface area contributed by atoms with Crippen LogP contribution in [0.5, 0.6) is 5.75 Å². The van der Waals surface area contributed by atoms with Gasteiger partial charge in [-0.3, -0.25) is 4.79 Å². The van der Waals surface area contributed by atoms with E-state index in [1.165, 1.54) is 19.2 Å². The molecule has 0 aliphatic carbocycles. The molecule has 0 radical (unpaired) electrons. The van der Waals surface area contributed by atoms with Crippen LogP contribution in [0.1, 0.15) is 17.5 Å². The van der Waals surface area contributed by atoms with E-state index in [9.17, 15) is 9.18 Å². The van der Waals surface area contributed by atoms with E-state index in [2.05, 4.69) is 5.16 Å². The molecule has 1 atom stereocenters. The Morgan fingerprint density at radius 2 is 2.04 bits per heavy atom. The van der Waals surface area contributed by atoms with Gasteiger partial charge in [0.2, 0.25) is 5.91 Å². The van der Waals surface area contributed by atoms with Gasteiger partial charge in [0.25, 0.3) is 0 Å². The molecular weight excluding hydrogens is 363 g/mol. The molecule has 0 saturated carbocycles. The van der Waals surface area contributed by atoms with E-state index < -0.39 is 0 Å². The first-order valence-electron chi connectivity index (χ1n) is 8.97. The molecule has 1 heterocycles. The van der Waals surface area contributed by atoms with E-state index in [1.807, 2.05) is 24.3 Å². The van der Waals surface area contributed by atoms with Crippen molar-refractivity contribution in [3.8, 4) is 5.75 Å². The lowest BCUT2D eigenvalue weighted by Crippen LogP contribution is -2.39. The van der Waals surface area contributed by atoms with Crippen LogP contribution in [0.4, 0.5) is 4.39 Å². The van der Waals surface area contributed by atoms with Gasteiger partial charge in [-0.05, 0) is 35.4 Å². The first-order chi connectivity index (χ1) is 13.6. The van der Waals surface area contributed by atoms with E-state index in [1.54, 1.807) is 24.1 Å². The van der Waals surface area contributed by atoms with Crippen LogP contribution in [0.15, 0.2) is 53.7 Å². The maximum Gasteiger partial charge on any atom is 0.248 e. The van der Waals surface area contributed by atoms with Gasteiger partial charge in [-0.25, -0.2) is 4.39 Å². The van der Waals surface area contributed by atoms with Gasteiger partial charge in [0.15, 0.2) is 6.10 Å². The van der Waals surface area contributed by atoms with Gasteiger partial charge in [0.05, 0.1) is 19.4 Å². The van der Waals surface area contributed by atoms with Crippen LogP contribution in [0, 0.1) is 5.82 Å². The summed E-state index contributed by atoms with van der Waals surface area (Å²) in [5.74, 6) is 0.300. The zero-order valence-electron chi connectivity index (χ0n) is 15.9. The van der Waals surface area contributed by atoms with Crippen molar-refractivity contribution >= 4 is 11.6 Å². The Hall–Kier alpha value is -2.93. The highest BCUT2D eigenvalue weighted by molar-refractivity contribution is 6.01. The number of halogens is 1. The van der Waals surface area contributed by atoms with Crippen LogP contribution in [0.2, 0.25) is 0 Å². The number of nitrogens with zero attached hydrogens (tertiary/aromatic N) is 2. The number of oxime groups is 1. The summed E-state index contributed by atoms with van der Waals surface area (Å²) in [6.45, 7) is 0.765. The summed E-state index contributed by atoms with van der Waals surface area (Å²) in [4.78, 5) is 19.7. The second-order valence-electron chi connectivity index (χ2n) is 6.54. The van der Waals surface area contributed by atoms with Crippen LogP contribution in [0.25, 0.3) is 0 Å². The largest absolute Gasteiger partial charge is 0.497 e. The molecule has 148 valence electrons. The van der Waals surface area contributed by atoms with Gasteiger partial charge in [-0.2, -0.15) is 0 Å². The van der Waals surface area contributed by atoms with Crippen molar-refractivity contribution in [2.24, 2.45) is 5.16 Å². The van der Waals surface area contributed by atoms with Crippen molar-refractivity contribution in [3.05, 3.63) is 65.5 Å². The summed E-state index contributed by atoms with van der Waals surface area (Å²) < 4.78 is 23.4. The fraction of sp³-hybridized carbons (Fsp3) is 0.333. The third kappa shape index (κ3) is 5.07. The lowest BCUT2D eigenvalue weighted by atomic mass is 10.0. The molecule has 0 spiro atoms. The number of carbonyl (C=O) groups excluding carboxylic acids is 1. The molecule has 0 aromatic heterocycles. The first-order valence-corrected chi connectivity index (χ1v) is 8.97. The lowest BCUT2D eigenvalue weighted by molar-refractivity contribution is -0.137. The molecule has 6 nitrogen and oxygen atoms in total. The fourth-order valence-corrected chi connectivity index (χ4v) is 3.05. The Morgan fingerprint density at radius 1 is 1.25 bits per heavy atom. The summed E-state index contributed by atoms with van der Waals surface area (Å²) in [6.07, 6.45) is 0.270. The molecule has 0 saturated heterocycles. The summed E-state index contributed by atoms with van der Waals surface area (Å²) >= 11 is 0.